The molecule has 8 nitrogen and oxygen atoms in total. The van der Waals surface area contributed by atoms with Gasteiger partial charge in [-0.3, -0.25) is 14.9 Å². The van der Waals surface area contributed by atoms with Crippen molar-refractivity contribution in [3.05, 3.63) is 33.3 Å². The van der Waals surface area contributed by atoms with Crippen LogP contribution in [0.1, 0.15) is 6.92 Å². The smallest absolute Gasteiger partial charge is 0.329 e. The van der Waals surface area contributed by atoms with E-state index < -0.39 is 29.4 Å². The van der Waals surface area contributed by atoms with Crippen LogP contribution in [0.2, 0.25) is 5.02 Å². The zero-order valence-electron chi connectivity index (χ0n) is 10.3. The van der Waals surface area contributed by atoms with Crippen LogP contribution < -0.4 is 10.1 Å². The van der Waals surface area contributed by atoms with E-state index in [1.807, 2.05) is 0 Å². The minimum atomic E-state index is -1.33. The molecule has 1 amide bonds. The lowest BCUT2D eigenvalue weighted by atomic mass is 10.3. The second-order valence-corrected chi connectivity index (χ2v) is 4.15. The number of para-hydroxylation sites is 1. The van der Waals surface area contributed by atoms with Gasteiger partial charge in [0, 0.05) is 13.0 Å². The van der Waals surface area contributed by atoms with E-state index in [0.717, 1.165) is 6.92 Å². The van der Waals surface area contributed by atoms with E-state index in [1.54, 1.807) is 0 Å². The van der Waals surface area contributed by atoms with Crippen LogP contribution in [0.15, 0.2) is 18.2 Å². The molecule has 0 spiro atoms. The van der Waals surface area contributed by atoms with Gasteiger partial charge < -0.3 is 15.2 Å². The number of nitrogens with one attached hydrogen (secondary N) is 1. The molecule has 108 valence electrons. The average Bonchev–Trinajstić information content (AvgIpc) is 2.34. The third-order valence-electron chi connectivity index (χ3n) is 2.21. The largest absolute Gasteiger partial charge is 0.483 e. The number of nitrogens with zero attached hydrogens (tertiary/aromatic N) is 1. The molecule has 0 aliphatic heterocycles. The van der Waals surface area contributed by atoms with Crippen LogP contribution in [-0.4, -0.2) is 34.6 Å². The number of hydrogen-bond donors (Lipinski definition) is 2. The van der Waals surface area contributed by atoms with E-state index in [2.05, 4.69) is 5.32 Å². The number of amides is 1. The lowest BCUT2D eigenvalue weighted by Crippen LogP contribution is -2.43. The van der Waals surface area contributed by atoms with Crippen LogP contribution in [-0.2, 0) is 9.59 Å². The first kappa shape index (κ1) is 15.7. The van der Waals surface area contributed by atoms with Gasteiger partial charge in [0.1, 0.15) is 6.61 Å². The second kappa shape index (κ2) is 6.71. The van der Waals surface area contributed by atoms with E-state index in [0.29, 0.717) is 0 Å². The first-order chi connectivity index (χ1) is 9.32. The first-order valence-corrected chi connectivity index (χ1v) is 5.76. The summed E-state index contributed by atoms with van der Waals surface area (Å²) in [7, 11) is 0. The van der Waals surface area contributed by atoms with Crippen molar-refractivity contribution in [3.8, 4) is 5.75 Å². The van der Waals surface area contributed by atoms with Gasteiger partial charge in [-0.2, -0.15) is 0 Å². The quantitative estimate of drug-likeness (QED) is 0.602. The van der Waals surface area contributed by atoms with Gasteiger partial charge >= 0.3 is 11.7 Å². The first-order valence-electron chi connectivity index (χ1n) is 5.38. The summed E-state index contributed by atoms with van der Waals surface area (Å²) in [4.78, 5) is 31.9. The Hall–Kier alpha value is -2.35. The molecule has 0 aromatic heterocycles. The van der Waals surface area contributed by atoms with E-state index in [4.69, 9.17) is 21.4 Å². The van der Waals surface area contributed by atoms with Crippen molar-refractivity contribution in [2.45, 2.75) is 13.0 Å². The highest BCUT2D eigenvalue weighted by molar-refractivity contribution is 6.32. The molecule has 1 rings (SSSR count). The van der Waals surface area contributed by atoms with Gasteiger partial charge in [-0.15, -0.1) is 0 Å². The molecule has 0 saturated carbocycles. The zero-order valence-corrected chi connectivity index (χ0v) is 11.1. The van der Waals surface area contributed by atoms with Crippen molar-refractivity contribution < 1.29 is 24.4 Å². The predicted octanol–water partition coefficient (Wildman–Crippen LogP) is 1.22. The van der Waals surface area contributed by atoms with Crippen LogP contribution in [0, 0.1) is 10.1 Å². The Kier molecular flexibility index (Phi) is 5.27. The Morgan fingerprint density at radius 3 is 2.70 bits per heavy atom. The van der Waals surface area contributed by atoms with Crippen molar-refractivity contribution in [2.24, 2.45) is 0 Å². The number of hydrogen-bond acceptors (Lipinski definition) is 5. The number of ether oxygens (including phenoxy) is 1. The van der Waals surface area contributed by atoms with E-state index in [1.165, 1.54) is 18.2 Å². The van der Waals surface area contributed by atoms with Gasteiger partial charge in [0.15, 0.2) is 6.04 Å². The molecule has 9 heteroatoms. The van der Waals surface area contributed by atoms with Gasteiger partial charge in [-0.1, -0.05) is 17.7 Å². The number of benzene rings is 1. The third kappa shape index (κ3) is 4.09. The molecule has 1 atom stereocenters. The normalized spacial score (nSPS) is 11.5. The Labute approximate surface area is 118 Å². The zero-order chi connectivity index (χ0) is 15.3. The molecule has 20 heavy (non-hydrogen) atoms. The van der Waals surface area contributed by atoms with Gasteiger partial charge in [0.25, 0.3) is 0 Å². The fourth-order valence-corrected chi connectivity index (χ4v) is 1.59. The van der Waals surface area contributed by atoms with E-state index in [9.17, 15) is 19.7 Å². The maximum absolute atomic E-state index is 10.9. The van der Waals surface area contributed by atoms with Crippen LogP contribution in [0.4, 0.5) is 5.69 Å². The molecule has 2 N–H and O–H groups in total. The fourth-order valence-electron chi connectivity index (χ4n) is 1.37. The van der Waals surface area contributed by atoms with Crippen molar-refractivity contribution in [1.82, 2.24) is 5.32 Å². The fraction of sp³-hybridized carbons (Fsp3) is 0.273. The Bertz CT molecular complexity index is 548. The topological polar surface area (TPSA) is 119 Å². The van der Waals surface area contributed by atoms with Crippen molar-refractivity contribution >= 4 is 29.2 Å². The molecular weight excluding hydrogens is 292 g/mol. The van der Waals surface area contributed by atoms with E-state index >= 15 is 0 Å². The number of halogens is 1. The van der Waals surface area contributed by atoms with Gasteiger partial charge in [-0.05, 0) is 6.07 Å². The Morgan fingerprint density at radius 2 is 2.20 bits per heavy atom. The average molecular weight is 303 g/mol. The third-order valence-corrected chi connectivity index (χ3v) is 2.51. The molecular formula is C11H11ClN2O6. The highest BCUT2D eigenvalue weighted by atomic mass is 35.5. The summed E-state index contributed by atoms with van der Waals surface area (Å²) < 4.78 is 5.08. The number of carbonyl (C=O) groups excluding carboxylic acids is 1. The molecule has 0 saturated heterocycles. The lowest BCUT2D eigenvalue weighted by Gasteiger charge is -2.15. The maximum Gasteiger partial charge on any atom is 0.329 e. The molecule has 0 bridgehead atoms. The number of nitro groups is 1. The number of nitro benzene ring substituents is 1. The highest BCUT2D eigenvalue weighted by Crippen LogP contribution is 2.34. The molecule has 0 radical (unpaired) electrons. The maximum atomic E-state index is 10.9. The summed E-state index contributed by atoms with van der Waals surface area (Å²) in [5, 5.41) is 21.8. The number of carboxylic acid groups (broad SMARTS) is 1. The summed E-state index contributed by atoms with van der Waals surface area (Å²) in [5.74, 6) is -2.12. The predicted molar refractivity (Wildman–Crippen MR) is 68.8 cm³/mol. The summed E-state index contributed by atoms with van der Waals surface area (Å²) in [6.07, 6.45) is 0. The molecule has 0 aliphatic carbocycles. The number of aliphatic carboxylic acids is 1. The molecule has 0 heterocycles. The van der Waals surface area contributed by atoms with Gasteiger partial charge in [0.2, 0.25) is 11.7 Å². The van der Waals surface area contributed by atoms with Crippen molar-refractivity contribution in [1.29, 1.82) is 0 Å². The van der Waals surface area contributed by atoms with Crippen molar-refractivity contribution in [2.75, 3.05) is 6.61 Å². The summed E-state index contributed by atoms with van der Waals surface area (Å²) in [6, 6.07) is 2.59. The highest BCUT2D eigenvalue weighted by Gasteiger charge is 2.23. The minimum Gasteiger partial charge on any atom is -0.483 e. The van der Waals surface area contributed by atoms with E-state index in [-0.39, 0.29) is 16.5 Å². The SMILES string of the molecule is CC(=O)NC(COc1c(Cl)cccc1[N+](=O)[O-])C(=O)O. The molecule has 1 aromatic rings. The molecule has 1 unspecified atom stereocenters. The summed E-state index contributed by atoms with van der Waals surface area (Å²) in [6.45, 7) is 0.660. The number of carboxylic acids is 1. The Balaban J connectivity index is 2.90. The lowest BCUT2D eigenvalue weighted by molar-refractivity contribution is -0.385. The summed E-state index contributed by atoms with van der Waals surface area (Å²) in [5.41, 5.74) is -0.385. The van der Waals surface area contributed by atoms with Gasteiger partial charge in [-0.25, -0.2) is 4.79 Å². The van der Waals surface area contributed by atoms with Crippen LogP contribution in [0.5, 0.6) is 5.75 Å². The monoisotopic (exact) mass is 302 g/mol. The molecule has 0 aliphatic rings. The van der Waals surface area contributed by atoms with Crippen LogP contribution in [0.25, 0.3) is 0 Å². The summed E-state index contributed by atoms with van der Waals surface area (Å²) >= 11 is 5.78. The Morgan fingerprint density at radius 1 is 1.55 bits per heavy atom. The second-order valence-electron chi connectivity index (χ2n) is 3.75. The van der Waals surface area contributed by atoms with Crippen LogP contribution >= 0.6 is 11.6 Å². The van der Waals surface area contributed by atoms with Gasteiger partial charge in [0.05, 0.1) is 9.95 Å². The van der Waals surface area contributed by atoms with Crippen molar-refractivity contribution in [3.63, 3.8) is 0 Å². The van der Waals surface area contributed by atoms with Crippen LogP contribution in [0.3, 0.4) is 0 Å². The minimum absolute atomic E-state index is 0.0221. The standard InChI is InChI=1S/C11H11ClN2O6/c1-6(15)13-8(11(16)17)5-20-10-7(12)3-2-4-9(10)14(18)19/h2-4,8H,5H2,1H3,(H,13,15)(H,16,17). The number of rotatable bonds is 6. The molecule has 0 fully saturated rings. The molecule has 1 aromatic carbocycles. The number of carbonyl (C=O) groups is 2.